The fraction of sp³-hybridized carbons (Fsp3) is 0.556. The third kappa shape index (κ3) is 1.83. The molecule has 1 aliphatic heterocycles. The van der Waals surface area contributed by atoms with E-state index in [0.717, 1.165) is 18.8 Å². The molecule has 0 spiro atoms. The molecule has 0 aliphatic carbocycles. The zero-order valence-electron chi connectivity index (χ0n) is 7.94. The highest BCUT2D eigenvalue weighted by atomic mass is 16.5. The average molecular weight is 194 g/mol. The predicted molar refractivity (Wildman–Crippen MR) is 52.9 cm³/mol. The van der Waals surface area contributed by atoms with E-state index in [9.17, 15) is 0 Å². The molecule has 5 nitrogen and oxygen atoms in total. The maximum Gasteiger partial charge on any atom is 0.145 e. The molecule has 0 amide bonds. The molecule has 14 heavy (non-hydrogen) atoms. The smallest absolute Gasteiger partial charge is 0.145 e. The Kier molecular flexibility index (Phi) is 2.60. The van der Waals surface area contributed by atoms with Crippen LogP contribution in [-0.2, 0) is 4.74 Å². The van der Waals surface area contributed by atoms with Crippen LogP contribution >= 0.6 is 0 Å². The monoisotopic (exact) mass is 194 g/mol. The minimum Gasteiger partial charge on any atom is -0.379 e. The highest BCUT2D eigenvalue weighted by Crippen LogP contribution is 2.21. The van der Waals surface area contributed by atoms with Gasteiger partial charge in [0, 0.05) is 25.5 Å². The second kappa shape index (κ2) is 3.89. The van der Waals surface area contributed by atoms with Crippen molar-refractivity contribution in [2.75, 3.05) is 25.1 Å². The molecule has 1 unspecified atom stereocenters. The van der Waals surface area contributed by atoms with Crippen LogP contribution in [-0.4, -0.2) is 35.3 Å². The highest BCUT2D eigenvalue weighted by molar-refractivity contribution is 5.35. The van der Waals surface area contributed by atoms with Gasteiger partial charge in [-0.05, 0) is 6.42 Å². The van der Waals surface area contributed by atoms with Gasteiger partial charge in [0.15, 0.2) is 0 Å². The summed E-state index contributed by atoms with van der Waals surface area (Å²) in [4.78, 5) is 8.14. The Labute approximate surface area is 82.7 Å². The maximum absolute atomic E-state index is 5.73. The van der Waals surface area contributed by atoms with Gasteiger partial charge in [-0.3, -0.25) is 4.98 Å². The molecule has 5 heteroatoms. The molecule has 3 N–H and O–H groups in total. The van der Waals surface area contributed by atoms with Gasteiger partial charge in [0.1, 0.15) is 5.82 Å². The fourth-order valence-corrected chi connectivity index (χ4v) is 1.55. The molecule has 0 bridgehead atoms. The van der Waals surface area contributed by atoms with Gasteiger partial charge in [-0.15, -0.1) is 0 Å². The summed E-state index contributed by atoms with van der Waals surface area (Å²) in [5.74, 6) is 0.753. The Bertz CT molecular complexity index is 284. The number of ether oxygens (including phenoxy) is 1. The topological polar surface area (TPSA) is 73.1 Å². The first-order valence-corrected chi connectivity index (χ1v) is 4.67. The van der Waals surface area contributed by atoms with Gasteiger partial charge in [-0.2, -0.15) is 0 Å². The van der Waals surface area contributed by atoms with E-state index in [-0.39, 0.29) is 5.54 Å². The van der Waals surface area contributed by atoms with Crippen LogP contribution in [0.25, 0.3) is 0 Å². The van der Waals surface area contributed by atoms with Gasteiger partial charge in [-0.25, -0.2) is 4.98 Å². The number of nitrogens with two attached hydrogens (primary N) is 1. The van der Waals surface area contributed by atoms with Crippen LogP contribution in [0.4, 0.5) is 5.82 Å². The minimum atomic E-state index is -0.157. The first kappa shape index (κ1) is 9.36. The van der Waals surface area contributed by atoms with Crippen LogP contribution < -0.4 is 11.1 Å². The number of hydrogen-bond donors (Lipinski definition) is 2. The number of rotatable bonds is 3. The van der Waals surface area contributed by atoms with Crippen molar-refractivity contribution in [3.05, 3.63) is 18.6 Å². The van der Waals surface area contributed by atoms with Gasteiger partial charge >= 0.3 is 0 Å². The Balaban J connectivity index is 2.08. The molecule has 0 radical (unpaired) electrons. The zero-order valence-corrected chi connectivity index (χ0v) is 7.94. The Morgan fingerprint density at radius 1 is 1.57 bits per heavy atom. The van der Waals surface area contributed by atoms with Crippen molar-refractivity contribution < 1.29 is 4.74 Å². The predicted octanol–water partition coefficient (Wildman–Crippen LogP) is 0.00630. The van der Waals surface area contributed by atoms with Crippen LogP contribution in [0, 0.1) is 0 Å². The van der Waals surface area contributed by atoms with Gasteiger partial charge < -0.3 is 15.8 Å². The lowest BCUT2D eigenvalue weighted by molar-refractivity contribution is 0.183. The van der Waals surface area contributed by atoms with Crippen molar-refractivity contribution in [3.63, 3.8) is 0 Å². The number of nitrogens with zero attached hydrogens (tertiary/aromatic N) is 2. The molecule has 0 aromatic carbocycles. The molecular weight excluding hydrogens is 180 g/mol. The quantitative estimate of drug-likeness (QED) is 0.709. The first-order valence-electron chi connectivity index (χ1n) is 4.67. The number of aromatic nitrogens is 2. The van der Waals surface area contributed by atoms with Gasteiger partial charge in [0.2, 0.25) is 0 Å². The molecule has 1 aromatic rings. The summed E-state index contributed by atoms with van der Waals surface area (Å²) < 4.78 is 5.33. The van der Waals surface area contributed by atoms with E-state index in [1.807, 2.05) is 0 Å². The van der Waals surface area contributed by atoms with Crippen molar-refractivity contribution in [1.29, 1.82) is 0 Å². The maximum atomic E-state index is 5.73. The summed E-state index contributed by atoms with van der Waals surface area (Å²) in [6, 6.07) is 0. The summed E-state index contributed by atoms with van der Waals surface area (Å²) >= 11 is 0. The van der Waals surface area contributed by atoms with Gasteiger partial charge in [0.05, 0.1) is 18.3 Å². The summed E-state index contributed by atoms with van der Waals surface area (Å²) in [6.45, 7) is 1.94. The number of nitrogens with one attached hydrogen (secondary N) is 1. The Hall–Kier alpha value is -1.20. The van der Waals surface area contributed by atoms with E-state index in [2.05, 4.69) is 15.3 Å². The van der Waals surface area contributed by atoms with Gasteiger partial charge in [0.25, 0.3) is 0 Å². The van der Waals surface area contributed by atoms with E-state index in [1.165, 1.54) is 0 Å². The lowest BCUT2D eigenvalue weighted by atomic mass is 9.99. The van der Waals surface area contributed by atoms with Crippen LogP contribution in [0.15, 0.2) is 18.6 Å². The number of anilines is 1. The molecular formula is C9H14N4O. The van der Waals surface area contributed by atoms with Crippen molar-refractivity contribution in [1.82, 2.24) is 9.97 Å². The van der Waals surface area contributed by atoms with Crippen LogP contribution in [0.2, 0.25) is 0 Å². The highest BCUT2D eigenvalue weighted by Gasteiger charge is 2.33. The fourth-order valence-electron chi connectivity index (χ4n) is 1.55. The number of hydrogen-bond acceptors (Lipinski definition) is 5. The molecule has 1 fully saturated rings. The summed E-state index contributed by atoms with van der Waals surface area (Å²) in [5.41, 5.74) is 5.57. The lowest BCUT2D eigenvalue weighted by Gasteiger charge is -2.27. The molecule has 1 atom stereocenters. The average Bonchev–Trinajstić information content (AvgIpc) is 2.69. The van der Waals surface area contributed by atoms with E-state index in [1.54, 1.807) is 18.6 Å². The third-order valence-corrected chi connectivity index (χ3v) is 2.45. The van der Waals surface area contributed by atoms with E-state index >= 15 is 0 Å². The lowest BCUT2D eigenvalue weighted by Crippen LogP contribution is -2.46. The summed E-state index contributed by atoms with van der Waals surface area (Å²) in [7, 11) is 0. The van der Waals surface area contributed by atoms with Crippen molar-refractivity contribution >= 4 is 5.82 Å². The normalized spacial score (nSPS) is 26.4. The van der Waals surface area contributed by atoms with Gasteiger partial charge in [-0.1, -0.05) is 0 Å². The molecule has 0 saturated carbocycles. The Morgan fingerprint density at radius 2 is 2.50 bits per heavy atom. The largest absolute Gasteiger partial charge is 0.379 e. The van der Waals surface area contributed by atoms with Crippen molar-refractivity contribution in [3.8, 4) is 0 Å². The zero-order chi connectivity index (χ0) is 9.86. The Morgan fingerprint density at radius 3 is 3.07 bits per heavy atom. The molecule has 2 heterocycles. The van der Waals surface area contributed by atoms with E-state index in [0.29, 0.717) is 13.2 Å². The second-order valence-electron chi connectivity index (χ2n) is 3.50. The first-order chi connectivity index (χ1) is 6.85. The molecule has 1 aliphatic rings. The summed E-state index contributed by atoms with van der Waals surface area (Å²) in [5, 5.41) is 3.28. The third-order valence-electron chi connectivity index (χ3n) is 2.45. The van der Waals surface area contributed by atoms with Crippen LogP contribution in [0.1, 0.15) is 6.42 Å². The van der Waals surface area contributed by atoms with Crippen LogP contribution in [0.5, 0.6) is 0 Å². The van der Waals surface area contributed by atoms with Crippen LogP contribution in [0.3, 0.4) is 0 Å². The summed E-state index contributed by atoms with van der Waals surface area (Å²) in [6.07, 6.45) is 5.91. The van der Waals surface area contributed by atoms with E-state index in [4.69, 9.17) is 10.5 Å². The van der Waals surface area contributed by atoms with E-state index < -0.39 is 0 Å². The van der Waals surface area contributed by atoms with Crippen molar-refractivity contribution in [2.24, 2.45) is 5.73 Å². The SMILES string of the molecule is NCC1(Nc2cnccn2)CCOC1. The standard InChI is InChI=1S/C9H14N4O/c10-6-9(1-4-14-7-9)13-8-5-11-2-3-12-8/h2-3,5H,1,4,6-7,10H2,(H,12,13). The molecule has 2 rings (SSSR count). The second-order valence-corrected chi connectivity index (χ2v) is 3.50. The minimum absolute atomic E-state index is 0.157. The van der Waals surface area contributed by atoms with Crippen molar-refractivity contribution in [2.45, 2.75) is 12.0 Å². The molecule has 1 saturated heterocycles. The molecule has 1 aromatic heterocycles. The molecule has 76 valence electrons.